The quantitative estimate of drug-likeness (QED) is 0.348. The maximum absolute atomic E-state index is 13.1. The van der Waals surface area contributed by atoms with Gasteiger partial charge >= 0.3 is 5.97 Å². The summed E-state index contributed by atoms with van der Waals surface area (Å²) >= 11 is 0. The molecule has 2 saturated carbocycles. The number of hydrogen-bond acceptors (Lipinski definition) is 4. The summed E-state index contributed by atoms with van der Waals surface area (Å²) in [6.45, 7) is 7.00. The van der Waals surface area contributed by atoms with Crippen LogP contribution >= 0.6 is 0 Å². The number of carbonyl (C=O) groups excluding carboxylic acids is 1. The molecule has 0 aliphatic heterocycles. The Hall–Kier alpha value is -2.95. The maximum atomic E-state index is 13.1. The van der Waals surface area contributed by atoms with Crippen molar-refractivity contribution in [3.05, 3.63) is 90.0 Å². The van der Waals surface area contributed by atoms with Gasteiger partial charge in [-0.25, -0.2) is 0 Å². The Labute approximate surface area is 220 Å². The molecule has 194 valence electrons. The molecular weight excluding hydrogens is 460 g/mol. The first-order chi connectivity index (χ1) is 17.7. The van der Waals surface area contributed by atoms with Crippen LogP contribution in [0, 0.1) is 16.7 Å². The molecule has 37 heavy (non-hydrogen) atoms. The minimum absolute atomic E-state index is 0.00375. The van der Waals surface area contributed by atoms with Crippen molar-refractivity contribution in [3.63, 3.8) is 0 Å². The third kappa shape index (κ3) is 4.73. The van der Waals surface area contributed by atoms with Crippen molar-refractivity contribution in [2.45, 2.75) is 70.7 Å². The molecule has 2 N–H and O–H groups in total. The Morgan fingerprint density at radius 2 is 1.70 bits per heavy atom. The minimum atomic E-state index is -0.971. The Morgan fingerprint density at radius 3 is 2.49 bits per heavy atom. The molecule has 0 saturated heterocycles. The minimum Gasteiger partial charge on any atom is -0.461 e. The van der Waals surface area contributed by atoms with Crippen LogP contribution in [0.25, 0.3) is 16.8 Å². The third-order valence-corrected chi connectivity index (χ3v) is 9.44. The van der Waals surface area contributed by atoms with Gasteiger partial charge in [0.1, 0.15) is 6.10 Å². The van der Waals surface area contributed by atoms with E-state index in [1.54, 1.807) is 6.08 Å². The van der Waals surface area contributed by atoms with Crippen molar-refractivity contribution in [1.29, 1.82) is 0 Å². The van der Waals surface area contributed by atoms with Gasteiger partial charge in [0.15, 0.2) is 0 Å². The lowest BCUT2D eigenvalue weighted by molar-refractivity contribution is -0.156. The first-order valence-electron chi connectivity index (χ1n) is 13.5. The van der Waals surface area contributed by atoms with Gasteiger partial charge in [0.05, 0.1) is 18.6 Å². The molecule has 4 nitrogen and oxygen atoms in total. The maximum Gasteiger partial charge on any atom is 0.308 e. The standard InChI is InChI=1S/C33H38O4/c1-32(2)28-18-19-33(32,3)30(27-15-9-13-23-12-7-8-14-26(23)27)31(28)37-29(36)21-25(35)20-24(34)17-16-22-10-5-4-6-11-22/h4-17,24-25,28,30-31,34-35H,18-21H2,1-3H3/t24-,25-,28?,30?,31?,33+/m1/s1. The lowest BCUT2D eigenvalue weighted by Gasteiger charge is -2.40. The summed E-state index contributed by atoms with van der Waals surface area (Å²) in [5, 5.41) is 23.3. The summed E-state index contributed by atoms with van der Waals surface area (Å²) in [5.41, 5.74) is 2.25. The molecule has 5 rings (SSSR count). The zero-order chi connectivity index (χ0) is 26.2. The first kappa shape index (κ1) is 25.7. The van der Waals surface area contributed by atoms with Gasteiger partial charge in [0, 0.05) is 18.3 Å². The number of aliphatic hydroxyl groups excluding tert-OH is 2. The Balaban J connectivity index is 1.31. The van der Waals surface area contributed by atoms with E-state index in [-0.39, 0.29) is 41.6 Å². The summed E-state index contributed by atoms with van der Waals surface area (Å²) < 4.78 is 6.24. The molecule has 3 aromatic rings. The van der Waals surface area contributed by atoms with E-state index < -0.39 is 18.2 Å². The zero-order valence-corrected chi connectivity index (χ0v) is 22.0. The molecule has 0 aromatic heterocycles. The largest absolute Gasteiger partial charge is 0.461 e. The average molecular weight is 499 g/mol. The zero-order valence-electron chi connectivity index (χ0n) is 22.0. The van der Waals surface area contributed by atoms with E-state index in [1.165, 1.54) is 16.3 Å². The molecule has 2 aliphatic carbocycles. The molecule has 2 fully saturated rings. The Bertz CT molecular complexity index is 1270. The fourth-order valence-corrected chi connectivity index (χ4v) is 7.10. The topological polar surface area (TPSA) is 66.8 Å². The summed E-state index contributed by atoms with van der Waals surface area (Å²) in [6, 6.07) is 24.5. The monoisotopic (exact) mass is 498 g/mol. The van der Waals surface area contributed by atoms with Gasteiger partial charge in [-0.3, -0.25) is 4.79 Å². The normalized spacial score (nSPS) is 28.0. The van der Waals surface area contributed by atoms with Crippen molar-refractivity contribution < 1.29 is 19.7 Å². The van der Waals surface area contributed by atoms with E-state index in [9.17, 15) is 15.0 Å². The van der Waals surface area contributed by atoms with Crippen molar-refractivity contribution in [2.24, 2.45) is 16.7 Å². The Morgan fingerprint density at radius 1 is 1.00 bits per heavy atom. The lowest BCUT2D eigenvalue weighted by atomic mass is 9.64. The SMILES string of the molecule is CC1(C)C2CC[C@@]1(C)C(c1cccc3ccccc13)C2OC(=O)C[C@H](O)C[C@H](O)C=Cc1ccccc1. The van der Waals surface area contributed by atoms with E-state index in [1.807, 2.05) is 36.4 Å². The fourth-order valence-electron chi connectivity index (χ4n) is 7.10. The van der Waals surface area contributed by atoms with Crippen LogP contribution in [-0.2, 0) is 9.53 Å². The molecular formula is C33H38O4. The van der Waals surface area contributed by atoms with Gasteiger partial charge in [0.25, 0.3) is 0 Å². The van der Waals surface area contributed by atoms with Crippen LogP contribution in [0.1, 0.15) is 63.5 Å². The summed E-state index contributed by atoms with van der Waals surface area (Å²) in [7, 11) is 0. The number of aliphatic hydroxyl groups is 2. The van der Waals surface area contributed by atoms with Crippen LogP contribution < -0.4 is 0 Å². The van der Waals surface area contributed by atoms with E-state index >= 15 is 0 Å². The number of ether oxygens (including phenoxy) is 1. The molecule has 6 atom stereocenters. The second-order valence-corrected chi connectivity index (χ2v) is 11.7. The fraction of sp³-hybridized carbons (Fsp3) is 0.424. The average Bonchev–Trinajstić information content (AvgIpc) is 3.20. The number of hydrogen-bond donors (Lipinski definition) is 2. The molecule has 3 aromatic carbocycles. The predicted octanol–water partition coefficient (Wildman–Crippen LogP) is 6.51. The molecule has 0 spiro atoms. The lowest BCUT2D eigenvalue weighted by Crippen LogP contribution is -2.36. The smallest absolute Gasteiger partial charge is 0.308 e. The molecule has 3 unspecified atom stereocenters. The molecule has 2 aliphatic rings. The van der Waals surface area contributed by atoms with Crippen LogP contribution in [-0.4, -0.2) is 34.5 Å². The van der Waals surface area contributed by atoms with Gasteiger partial charge in [-0.1, -0.05) is 106 Å². The summed E-state index contributed by atoms with van der Waals surface area (Å²) in [5.74, 6) is -0.0382. The van der Waals surface area contributed by atoms with E-state index in [0.29, 0.717) is 0 Å². The van der Waals surface area contributed by atoms with Gasteiger partial charge in [0.2, 0.25) is 0 Å². The Kier molecular flexibility index (Phi) is 6.99. The molecule has 0 heterocycles. The number of esters is 1. The highest BCUT2D eigenvalue weighted by molar-refractivity contribution is 5.86. The molecule has 0 radical (unpaired) electrons. The first-order valence-corrected chi connectivity index (χ1v) is 13.5. The summed E-state index contributed by atoms with van der Waals surface area (Å²) in [6.07, 6.45) is 3.53. The van der Waals surface area contributed by atoms with Crippen molar-refractivity contribution in [1.82, 2.24) is 0 Å². The van der Waals surface area contributed by atoms with Crippen molar-refractivity contribution in [3.8, 4) is 0 Å². The predicted molar refractivity (Wildman–Crippen MR) is 148 cm³/mol. The van der Waals surface area contributed by atoms with Crippen molar-refractivity contribution >= 4 is 22.8 Å². The highest BCUT2D eigenvalue weighted by atomic mass is 16.5. The highest BCUT2D eigenvalue weighted by Gasteiger charge is 2.67. The molecule has 2 bridgehead atoms. The van der Waals surface area contributed by atoms with Gasteiger partial charge in [-0.15, -0.1) is 0 Å². The van der Waals surface area contributed by atoms with E-state index in [2.05, 4.69) is 63.2 Å². The molecule has 0 amide bonds. The highest BCUT2D eigenvalue weighted by Crippen LogP contribution is 2.72. The van der Waals surface area contributed by atoms with Crippen LogP contribution in [0.2, 0.25) is 0 Å². The molecule has 4 heteroatoms. The van der Waals surface area contributed by atoms with Gasteiger partial charge in [-0.2, -0.15) is 0 Å². The summed E-state index contributed by atoms with van der Waals surface area (Å²) in [4.78, 5) is 13.1. The van der Waals surface area contributed by atoms with E-state index in [4.69, 9.17) is 4.74 Å². The van der Waals surface area contributed by atoms with Gasteiger partial charge < -0.3 is 14.9 Å². The number of carbonyl (C=O) groups is 1. The number of fused-ring (bicyclic) bond motifs is 3. The number of rotatable bonds is 8. The van der Waals surface area contributed by atoms with Gasteiger partial charge in [-0.05, 0) is 45.6 Å². The van der Waals surface area contributed by atoms with Crippen LogP contribution in [0.5, 0.6) is 0 Å². The van der Waals surface area contributed by atoms with Crippen LogP contribution in [0.15, 0.2) is 78.9 Å². The van der Waals surface area contributed by atoms with Crippen molar-refractivity contribution in [2.75, 3.05) is 0 Å². The second kappa shape index (κ2) is 10.1. The third-order valence-electron chi connectivity index (χ3n) is 9.44. The van der Waals surface area contributed by atoms with Crippen LogP contribution in [0.4, 0.5) is 0 Å². The van der Waals surface area contributed by atoms with Crippen LogP contribution in [0.3, 0.4) is 0 Å². The number of benzene rings is 3. The second-order valence-electron chi connectivity index (χ2n) is 11.7. The van der Waals surface area contributed by atoms with E-state index in [0.717, 1.165) is 18.4 Å².